The molecule has 0 saturated heterocycles. The van der Waals surface area contributed by atoms with E-state index in [0.717, 1.165) is 48.4 Å². The van der Waals surface area contributed by atoms with Crippen LogP contribution in [-0.2, 0) is 16.0 Å². The maximum Gasteiger partial charge on any atom is 0.221 e. The number of hydrogen-bond acceptors (Lipinski definition) is 5. The van der Waals surface area contributed by atoms with Gasteiger partial charge in [0.05, 0.1) is 12.1 Å². The number of aromatic nitrogens is 2. The lowest BCUT2D eigenvalue weighted by Crippen LogP contribution is -2.34. The second-order valence-corrected chi connectivity index (χ2v) is 8.01. The van der Waals surface area contributed by atoms with Gasteiger partial charge in [-0.25, -0.2) is 9.97 Å². The van der Waals surface area contributed by atoms with Crippen molar-refractivity contribution in [3.05, 3.63) is 66.0 Å². The van der Waals surface area contributed by atoms with Crippen LogP contribution < -0.4 is 10.2 Å². The fraction of sp³-hybridized carbons (Fsp3) is 0.400. The fourth-order valence-electron chi connectivity index (χ4n) is 3.69. The summed E-state index contributed by atoms with van der Waals surface area (Å²) in [4.78, 5) is 24.4. The molecule has 2 aromatic carbocycles. The SMILES string of the molecule is COCCNC(=O)CCN(CCc1ccccc1)c1nc(C2CC2)nc2ccccc12. The summed E-state index contributed by atoms with van der Waals surface area (Å²) in [6, 6.07) is 18.6. The minimum Gasteiger partial charge on any atom is -0.383 e. The largest absolute Gasteiger partial charge is 0.383 e. The maximum absolute atomic E-state index is 12.4. The van der Waals surface area contributed by atoms with Crippen molar-refractivity contribution < 1.29 is 9.53 Å². The van der Waals surface area contributed by atoms with E-state index < -0.39 is 0 Å². The molecule has 0 spiro atoms. The van der Waals surface area contributed by atoms with E-state index in [1.165, 1.54) is 5.56 Å². The summed E-state index contributed by atoms with van der Waals surface area (Å²) in [6.45, 7) is 2.45. The average molecular weight is 419 g/mol. The predicted molar refractivity (Wildman–Crippen MR) is 123 cm³/mol. The molecule has 3 aromatic rings. The minimum atomic E-state index is 0.0301. The van der Waals surface area contributed by atoms with E-state index in [4.69, 9.17) is 14.7 Å². The monoisotopic (exact) mass is 418 g/mol. The van der Waals surface area contributed by atoms with Crippen LogP contribution in [0.15, 0.2) is 54.6 Å². The quantitative estimate of drug-likeness (QED) is 0.481. The highest BCUT2D eigenvalue weighted by Gasteiger charge is 2.28. The van der Waals surface area contributed by atoms with E-state index >= 15 is 0 Å². The lowest BCUT2D eigenvalue weighted by Gasteiger charge is -2.25. The van der Waals surface area contributed by atoms with E-state index in [1.54, 1.807) is 7.11 Å². The van der Waals surface area contributed by atoms with Crippen molar-refractivity contribution in [1.29, 1.82) is 0 Å². The average Bonchev–Trinajstić information content (AvgIpc) is 3.65. The van der Waals surface area contributed by atoms with Crippen LogP contribution in [0.25, 0.3) is 10.9 Å². The summed E-state index contributed by atoms with van der Waals surface area (Å²) in [5.74, 6) is 2.37. The number of amides is 1. The summed E-state index contributed by atoms with van der Waals surface area (Å²) < 4.78 is 5.02. The first-order valence-electron chi connectivity index (χ1n) is 11.1. The number of rotatable bonds is 11. The van der Waals surface area contributed by atoms with Crippen LogP contribution >= 0.6 is 0 Å². The Labute approximate surface area is 183 Å². The Hall–Kier alpha value is -2.99. The van der Waals surface area contributed by atoms with Gasteiger partial charge in [0.25, 0.3) is 0 Å². The molecule has 1 aliphatic rings. The first kappa shape index (κ1) is 21.2. The molecule has 1 saturated carbocycles. The van der Waals surface area contributed by atoms with Gasteiger partial charge in [-0.1, -0.05) is 42.5 Å². The third-order valence-corrected chi connectivity index (χ3v) is 5.59. The van der Waals surface area contributed by atoms with Gasteiger partial charge < -0.3 is 15.0 Å². The Morgan fingerprint density at radius 3 is 2.61 bits per heavy atom. The first-order chi connectivity index (χ1) is 15.2. The van der Waals surface area contributed by atoms with Gasteiger partial charge >= 0.3 is 0 Å². The molecule has 0 aliphatic heterocycles. The zero-order chi connectivity index (χ0) is 21.5. The van der Waals surface area contributed by atoms with Crippen LogP contribution in [0.2, 0.25) is 0 Å². The molecule has 4 rings (SSSR count). The number of fused-ring (bicyclic) bond motifs is 1. The third-order valence-electron chi connectivity index (χ3n) is 5.59. The van der Waals surface area contributed by atoms with Crippen molar-refractivity contribution in [2.75, 3.05) is 38.3 Å². The predicted octanol–water partition coefficient (Wildman–Crippen LogP) is 3.71. The molecule has 1 N–H and O–H groups in total. The molecule has 1 aromatic heterocycles. The van der Waals surface area contributed by atoms with Crippen LogP contribution in [0.1, 0.15) is 36.6 Å². The molecule has 162 valence electrons. The lowest BCUT2D eigenvalue weighted by atomic mass is 10.1. The zero-order valence-corrected chi connectivity index (χ0v) is 18.1. The number of nitrogens with one attached hydrogen (secondary N) is 1. The fourth-order valence-corrected chi connectivity index (χ4v) is 3.69. The van der Waals surface area contributed by atoms with E-state index in [2.05, 4.69) is 46.6 Å². The summed E-state index contributed by atoms with van der Waals surface area (Å²) in [7, 11) is 1.63. The number of hydrogen-bond donors (Lipinski definition) is 1. The maximum atomic E-state index is 12.4. The number of carbonyl (C=O) groups excluding carboxylic acids is 1. The highest BCUT2D eigenvalue weighted by Crippen LogP contribution is 2.39. The standard InChI is InChI=1S/C25H30N4O2/c1-31-18-15-26-23(30)14-17-29(16-13-19-7-3-2-4-8-19)25-21-9-5-6-10-22(21)27-24(28-25)20-11-12-20/h2-10,20H,11-18H2,1H3,(H,26,30). The molecular formula is C25H30N4O2. The molecule has 6 nitrogen and oxygen atoms in total. The number of anilines is 1. The van der Waals surface area contributed by atoms with Gasteiger partial charge in [-0.05, 0) is 37.0 Å². The molecule has 1 heterocycles. The molecule has 1 fully saturated rings. The smallest absolute Gasteiger partial charge is 0.221 e. The first-order valence-corrected chi connectivity index (χ1v) is 11.1. The second kappa shape index (κ2) is 10.4. The molecule has 31 heavy (non-hydrogen) atoms. The van der Waals surface area contributed by atoms with Crippen LogP contribution in [0.4, 0.5) is 5.82 Å². The van der Waals surface area contributed by atoms with E-state index in [1.807, 2.05) is 18.2 Å². The summed E-state index contributed by atoms with van der Waals surface area (Å²) >= 11 is 0. The molecule has 1 amide bonds. The van der Waals surface area contributed by atoms with Gasteiger partial charge in [0.1, 0.15) is 11.6 Å². The molecule has 0 radical (unpaired) electrons. The van der Waals surface area contributed by atoms with Gasteiger partial charge in [0, 0.05) is 44.5 Å². The normalized spacial score (nSPS) is 13.3. The molecular weight excluding hydrogens is 388 g/mol. The van der Waals surface area contributed by atoms with Crippen LogP contribution in [0.5, 0.6) is 0 Å². The van der Waals surface area contributed by atoms with Gasteiger partial charge in [0.2, 0.25) is 5.91 Å². The summed E-state index contributed by atoms with van der Waals surface area (Å²) in [5.41, 5.74) is 2.25. The molecule has 6 heteroatoms. The van der Waals surface area contributed by atoms with E-state index in [9.17, 15) is 4.79 Å². The minimum absolute atomic E-state index is 0.0301. The van der Waals surface area contributed by atoms with Gasteiger partial charge in [-0.2, -0.15) is 0 Å². The number of nitrogens with zero attached hydrogens (tertiary/aromatic N) is 3. The van der Waals surface area contributed by atoms with Crippen molar-refractivity contribution in [1.82, 2.24) is 15.3 Å². The van der Waals surface area contributed by atoms with Crippen molar-refractivity contribution >= 4 is 22.6 Å². The van der Waals surface area contributed by atoms with Crippen LogP contribution in [0.3, 0.4) is 0 Å². The Kier molecular flexibility index (Phi) is 7.10. The number of benzene rings is 2. The highest BCUT2D eigenvalue weighted by atomic mass is 16.5. The highest BCUT2D eigenvalue weighted by molar-refractivity contribution is 5.90. The van der Waals surface area contributed by atoms with Crippen molar-refractivity contribution in [2.45, 2.75) is 31.6 Å². The second-order valence-electron chi connectivity index (χ2n) is 8.01. The van der Waals surface area contributed by atoms with E-state index in [-0.39, 0.29) is 5.91 Å². The summed E-state index contributed by atoms with van der Waals surface area (Å²) in [5, 5.41) is 3.96. The van der Waals surface area contributed by atoms with Crippen LogP contribution in [-0.4, -0.2) is 49.2 Å². The van der Waals surface area contributed by atoms with Crippen LogP contribution in [0, 0.1) is 0 Å². The van der Waals surface area contributed by atoms with Gasteiger partial charge in [-0.3, -0.25) is 4.79 Å². The number of carbonyl (C=O) groups is 1. The van der Waals surface area contributed by atoms with Crippen molar-refractivity contribution in [3.8, 4) is 0 Å². The molecule has 0 atom stereocenters. The number of para-hydroxylation sites is 1. The topological polar surface area (TPSA) is 67.3 Å². The van der Waals surface area contributed by atoms with Crippen molar-refractivity contribution in [3.63, 3.8) is 0 Å². The Morgan fingerprint density at radius 2 is 1.84 bits per heavy atom. The zero-order valence-electron chi connectivity index (χ0n) is 18.1. The molecule has 0 bridgehead atoms. The Bertz CT molecular complexity index is 1000. The summed E-state index contributed by atoms with van der Waals surface area (Å²) in [6.07, 6.45) is 3.62. The Morgan fingerprint density at radius 1 is 1.06 bits per heavy atom. The van der Waals surface area contributed by atoms with Crippen molar-refractivity contribution in [2.24, 2.45) is 0 Å². The Balaban J connectivity index is 1.57. The van der Waals surface area contributed by atoms with E-state index in [0.29, 0.717) is 32.0 Å². The van der Waals surface area contributed by atoms with Gasteiger partial charge in [-0.15, -0.1) is 0 Å². The van der Waals surface area contributed by atoms with Gasteiger partial charge in [0.15, 0.2) is 0 Å². The number of ether oxygens (including phenoxy) is 1. The molecule has 1 aliphatic carbocycles. The third kappa shape index (κ3) is 5.79. The lowest BCUT2D eigenvalue weighted by molar-refractivity contribution is -0.121. The molecule has 0 unspecified atom stereocenters. The number of methoxy groups -OCH3 is 1.